The highest BCUT2D eigenvalue weighted by Gasteiger charge is 2.22. The minimum atomic E-state index is -3.70. The van der Waals surface area contributed by atoms with Crippen LogP contribution in [0.1, 0.15) is 34.0 Å². The predicted octanol–water partition coefficient (Wildman–Crippen LogP) is 4.20. The number of benzene rings is 3. The van der Waals surface area contributed by atoms with Crippen LogP contribution in [0.2, 0.25) is 0 Å². The van der Waals surface area contributed by atoms with Crippen LogP contribution in [0.25, 0.3) is 0 Å². The fourth-order valence-electron chi connectivity index (χ4n) is 3.57. The first-order valence-corrected chi connectivity index (χ1v) is 12.9. The second-order valence-electron chi connectivity index (χ2n) is 8.18. The molecule has 0 radical (unpaired) electrons. The summed E-state index contributed by atoms with van der Waals surface area (Å²) in [5.74, 6) is 1.11. The van der Waals surface area contributed by atoms with E-state index in [0.717, 1.165) is 16.9 Å². The van der Waals surface area contributed by atoms with Gasteiger partial charge in [-0.05, 0) is 68.3 Å². The van der Waals surface area contributed by atoms with Crippen LogP contribution in [0.5, 0.6) is 11.5 Å². The molecule has 1 N–H and O–H groups in total. The molecule has 0 fully saturated rings. The summed E-state index contributed by atoms with van der Waals surface area (Å²) in [4.78, 5) is 13.0. The number of rotatable bonds is 11. The first kappa shape index (κ1) is 26.2. The number of ether oxygens (including phenoxy) is 2. The second-order valence-corrected chi connectivity index (χ2v) is 10.2. The molecule has 0 aromatic heterocycles. The number of amides is 1. The summed E-state index contributed by atoms with van der Waals surface area (Å²) in [6.07, 6.45) is 0.678. The van der Waals surface area contributed by atoms with Crippen LogP contribution in [0.15, 0.2) is 71.6 Å². The van der Waals surface area contributed by atoms with Crippen molar-refractivity contribution in [1.82, 2.24) is 9.62 Å². The SMILES string of the molecule is CCOc1ccc(C(=O)NCCc2ccc(OC)cc2)cc1CN(C)S(=O)(=O)c1ccc(C)cc1. The molecule has 8 heteroatoms. The Kier molecular flexibility index (Phi) is 8.89. The van der Waals surface area contributed by atoms with E-state index in [1.165, 1.54) is 11.4 Å². The highest BCUT2D eigenvalue weighted by atomic mass is 32.2. The maximum atomic E-state index is 13.1. The Labute approximate surface area is 207 Å². The first-order chi connectivity index (χ1) is 16.7. The number of aryl methyl sites for hydroxylation is 1. The van der Waals surface area contributed by atoms with Gasteiger partial charge in [0.15, 0.2) is 0 Å². The Morgan fingerprint density at radius 3 is 2.31 bits per heavy atom. The lowest BCUT2D eigenvalue weighted by atomic mass is 10.1. The number of methoxy groups -OCH3 is 1. The zero-order valence-electron chi connectivity index (χ0n) is 20.6. The summed E-state index contributed by atoms with van der Waals surface area (Å²) in [5.41, 5.74) is 3.13. The van der Waals surface area contributed by atoms with Gasteiger partial charge in [0.1, 0.15) is 11.5 Å². The normalized spacial score (nSPS) is 11.3. The Morgan fingerprint density at radius 2 is 1.69 bits per heavy atom. The molecule has 7 nitrogen and oxygen atoms in total. The molecule has 0 bridgehead atoms. The van der Waals surface area contributed by atoms with Gasteiger partial charge < -0.3 is 14.8 Å². The molecule has 0 aliphatic heterocycles. The molecule has 0 heterocycles. The molecule has 0 spiro atoms. The lowest BCUT2D eigenvalue weighted by Gasteiger charge is -2.20. The molecule has 0 aliphatic carbocycles. The van der Waals surface area contributed by atoms with Gasteiger partial charge in [0, 0.05) is 31.3 Å². The fourth-order valence-corrected chi connectivity index (χ4v) is 4.72. The smallest absolute Gasteiger partial charge is 0.251 e. The van der Waals surface area contributed by atoms with E-state index in [4.69, 9.17) is 9.47 Å². The number of carbonyl (C=O) groups excluding carboxylic acids is 1. The molecule has 35 heavy (non-hydrogen) atoms. The summed E-state index contributed by atoms with van der Waals surface area (Å²) in [6.45, 7) is 4.72. The van der Waals surface area contributed by atoms with Gasteiger partial charge in [0.2, 0.25) is 10.0 Å². The number of nitrogens with one attached hydrogen (secondary N) is 1. The van der Waals surface area contributed by atoms with Crippen LogP contribution >= 0.6 is 0 Å². The molecule has 3 aromatic carbocycles. The van der Waals surface area contributed by atoms with Crippen molar-refractivity contribution < 1.29 is 22.7 Å². The van der Waals surface area contributed by atoms with Gasteiger partial charge >= 0.3 is 0 Å². The van der Waals surface area contributed by atoms with Crippen LogP contribution in [0, 0.1) is 6.92 Å². The molecule has 0 saturated carbocycles. The summed E-state index contributed by atoms with van der Waals surface area (Å²) < 4.78 is 38.2. The van der Waals surface area contributed by atoms with Gasteiger partial charge in [-0.1, -0.05) is 29.8 Å². The largest absolute Gasteiger partial charge is 0.497 e. The summed E-state index contributed by atoms with van der Waals surface area (Å²) in [5, 5.41) is 2.93. The van der Waals surface area contributed by atoms with Crippen molar-refractivity contribution in [2.45, 2.75) is 31.7 Å². The van der Waals surface area contributed by atoms with Crippen molar-refractivity contribution >= 4 is 15.9 Å². The third-order valence-corrected chi connectivity index (χ3v) is 7.42. The van der Waals surface area contributed by atoms with Crippen LogP contribution < -0.4 is 14.8 Å². The van der Waals surface area contributed by atoms with Crippen LogP contribution in [0.4, 0.5) is 0 Å². The third kappa shape index (κ3) is 6.83. The third-order valence-electron chi connectivity index (χ3n) is 5.60. The topological polar surface area (TPSA) is 84.9 Å². The van der Waals surface area contributed by atoms with E-state index in [2.05, 4.69) is 5.32 Å². The van der Waals surface area contributed by atoms with E-state index in [1.807, 2.05) is 38.1 Å². The first-order valence-electron chi connectivity index (χ1n) is 11.4. The zero-order chi connectivity index (χ0) is 25.4. The zero-order valence-corrected chi connectivity index (χ0v) is 21.4. The van der Waals surface area contributed by atoms with Gasteiger partial charge in [-0.15, -0.1) is 0 Å². The van der Waals surface area contributed by atoms with Crippen LogP contribution in [-0.4, -0.2) is 45.9 Å². The molecule has 0 unspecified atom stereocenters. The number of nitrogens with zero attached hydrogens (tertiary/aromatic N) is 1. The molecular formula is C27H32N2O5S. The van der Waals surface area contributed by atoms with Crippen molar-refractivity contribution in [2.75, 3.05) is 27.3 Å². The minimum Gasteiger partial charge on any atom is -0.497 e. The van der Waals surface area contributed by atoms with E-state index in [1.54, 1.807) is 49.6 Å². The predicted molar refractivity (Wildman–Crippen MR) is 136 cm³/mol. The van der Waals surface area contributed by atoms with Crippen molar-refractivity contribution in [3.63, 3.8) is 0 Å². The van der Waals surface area contributed by atoms with E-state index in [9.17, 15) is 13.2 Å². The van der Waals surface area contributed by atoms with Gasteiger partial charge in [0.05, 0.1) is 18.6 Å². The van der Waals surface area contributed by atoms with E-state index in [0.29, 0.717) is 36.4 Å². The molecule has 0 saturated heterocycles. The van der Waals surface area contributed by atoms with Gasteiger partial charge in [0.25, 0.3) is 5.91 Å². The monoisotopic (exact) mass is 496 g/mol. The summed E-state index contributed by atoms with van der Waals surface area (Å²) in [7, 11) is -0.559. The van der Waals surface area contributed by atoms with Gasteiger partial charge in [-0.3, -0.25) is 4.79 Å². The average Bonchev–Trinajstić information content (AvgIpc) is 2.85. The van der Waals surface area contributed by atoms with E-state index >= 15 is 0 Å². The Bertz CT molecular complexity index is 1240. The molecule has 186 valence electrons. The Hall–Kier alpha value is -3.36. The van der Waals surface area contributed by atoms with E-state index in [-0.39, 0.29) is 17.3 Å². The lowest BCUT2D eigenvalue weighted by Crippen LogP contribution is -2.28. The minimum absolute atomic E-state index is 0.0680. The van der Waals surface area contributed by atoms with Crippen molar-refractivity contribution in [1.29, 1.82) is 0 Å². The standard InChI is InChI=1S/C27H32N2O5S/c1-5-34-26-15-10-22(27(30)28-17-16-21-8-11-24(33-4)12-9-21)18-23(26)19-29(3)35(31,32)25-13-6-20(2)7-14-25/h6-15,18H,5,16-17,19H2,1-4H3,(H,28,30). The van der Waals surface area contributed by atoms with Crippen molar-refractivity contribution in [2.24, 2.45) is 0 Å². The number of hydrogen-bond donors (Lipinski definition) is 1. The Morgan fingerprint density at radius 1 is 1.00 bits per heavy atom. The molecule has 0 atom stereocenters. The quantitative estimate of drug-likeness (QED) is 0.430. The van der Waals surface area contributed by atoms with Crippen molar-refractivity contribution in [3.05, 3.63) is 89.0 Å². The molecule has 0 aliphatic rings. The maximum absolute atomic E-state index is 13.1. The second kappa shape index (κ2) is 11.9. The van der Waals surface area contributed by atoms with Crippen molar-refractivity contribution in [3.8, 4) is 11.5 Å². The van der Waals surface area contributed by atoms with Crippen LogP contribution in [-0.2, 0) is 23.0 Å². The maximum Gasteiger partial charge on any atom is 0.251 e. The number of sulfonamides is 1. The lowest BCUT2D eigenvalue weighted by molar-refractivity contribution is 0.0954. The molecule has 3 rings (SSSR count). The molecule has 1 amide bonds. The summed E-state index contributed by atoms with van der Waals surface area (Å²) in [6, 6.07) is 19.5. The van der Waals surface area contributed by atoms with Crippen LogP contribution in [0.3, 0.4) is 0 Å². The highest BCUT2D eigenvalue weighted by molar-refractivity contribution is 7.89. The van der Waals surface area contributed by atoms with Gasteiger partial charge in [-0.2, -0.15) is 4.31 Å². The Balaban J connectivity index is 1.71. The summed E-state index contributed by atoms with van der Waals surface area (Å²) >= 11 is 0. The van der Waals surface area contributed by atoms with Gasteiger partial charge in [-0.25, -0.2) is 8.42 Å². The number of hydrogen-bond acceptors (Lipinski definition) is 5. The fraction of sp³-hybridized carbons (Fsp3) is 0.296. The molecule has 3 aromatic rings. The molecular weight excluding hydrogens is 464 g/mol. The van der Waals surface area contributed by atoms with E-state index < -0.39 is 10.0 Å². The highest BCUT2D eigenvalue weighted by Crippen LogP contribution is 2.25. The number of carbonyl (C=O) groups is 1. The average molecular weight is 497 g/mol.